The number of benzene rings is 2. The van der Waals surface area contributed by atoms with E-state index in [1.807, 2.05) is 12.3 Å². The Morgan fingerprint density at radius 1 is 0.882 bits per heavy atom. The standard InChI is InChI=1S/C15H14N2/c1-2-8-14-12(5-1)6-3-9-15(14)17-11-13-7-4-10-16-13/h1-10,16-17H,11H2. The maximum absolute atomic E-state index is 3.46. The van der Waals surface area contributed by atoms with E-state index < -0.39 is 0 Å². The lowest BCUT2D eigenvalue weighted by Crippen LogP contribution is -1.99. The number of hydrogen-bond donors (Lipinski definition) is 2. The van der Waals surface area contributed by atoms with Crippen molar-refractivity contribution in [2.24, 2.45) is 0 Å². The van der Waals surface area contributed by atoms with E-state index in [-0.39, 0.29) is 0 Å². The summed E-state index contributed by atoms with van der Waals surface area (Å²) in [5.41, 5.74) is 2.37. The van der Waals surface area contributed by atoms with Gasteiger partial charge in [-0.2, -0.15) is 0 Å². The quantitative estimate of drug-likeness (QED) is 0.693. The van der Waals surface area contributed by atoms with Crippen molar-refractivity contribution in [1.29, 1.82) is 0 Å². The van der Waals surface area contributed by atoms with Gasteiger partial charge in [-0.25, -0.2) is 0 Å². The van der Waals surface area contributed by atoms with Crippen molar-refractivity contribution in [2.45, 2.75) is 6.54 Å². The van der Waals surface area contributed by atoms with Gasteiger partial charge in [-0.15, -0.1) is 0 Å². The zero-order valence-electron chi connectivity index (χ0n) is 9.48. The minimum absolute atomic E-state index is 0.820. The number of H-pyrrole nitrogens is 1. The molecule has 17 heavy (non-hydrogen) atoms. The van der Waals surface area contributed by atoms with Crippen LogP contribution in [-0.2, 0) is 6.54 Å². The summed E-state index contributed by atoms with van der Waals surface area (Å²) in [4.78, 5) is 3.19. The van der Waals surface area contributed by atoms with Crippen molar-refractivity contribution in [3.63, 3.8) is 0 Å². The van der Waals surface area contributed by atoms with Gasteiger partial charge in [0.2, 0.25) is 0 Å². The first kappa shape index (κ1) is 9.97. The highest BCUT2D eigenvalue weighted by Crippen LogP contribution is 2.23. The predicted octanol–water partition coefficient (Wildman–Crippen LogP) is 3.78. The summed E-state index contributed by atoms with van der Waals surface area (Å²) in [6.45, 7) is 0.820. The number of anilines is 1. The maximum atomic E-state index is 3.46. The van der Waals surface area contributed by atoms with Gasteiger partial charge in [0.25, 0.3) is 0 Å². The van der Waals surface area contributed by atoms with E-state index in [1.165, 1.54) is 22.2 Å². The predicted molar refractivity (Wildman–Crippen MR) is 72.1 cm³/mol. The Balaban J connectivity index is 1.90. The summed E-state index contributed by atoms with van der Waals surface area (Å²) in [6, 6.07) is 18.8. The molecule has 0 bridgehead atoms. The molecule has 0 saturated carbocycles. The Kier molecular flexibility index (Phi) is 2.54. The summed E-state index contributed by atoms with van der Waals surface area (Å²) in [7, 11) is 0. The van der Waals surface area contributed by atoms with Crippen LogP contribution in [0.2, 0.25) is 0 Å². The molecule has 2 N–H and O–H groups in total. The molecule has 2 nitrogen and oxygen atoms in total. The van der Waals surface area contributed by atoms with E-state index in [0.29, 0.717) is 0 Å². The topological polar surface area (TPSA) is 27.8 Å². The van der Waals surface area contributed by atoms with E-state index in [0.717, 1.165) is 6.54 Å². The molecule has 84 valence electrons. The van der Waals surface area contributed by atoms with Crippen LogP contribution in [0.25, 0.3) is 10.8 Å². The van der Waals surface area contributed by atoms with Crippen molar-refractivity contribution in [3.8, 4) is 0 Å². The van der Waals surface area contributed by atoms with Gasteiger partial charge in [0.1, 0.15) is 0 Å². The fraction of sp³-hybridized carbons (Fsp3) is 0.0667. The van der Waals surface area contributed by atoms with Gasteiger partial charge >= 0.3 is 0 Å². The second-order valence-electron chi connectivity index (χ2n) is 4.08. The Morgan fingerprint density at radius 3 is 2.65 bits per heavy atom. The molecule has 0 aliphatic carbocycles. The summed E-state index contributed by atoms with van der Waals surface area (Å²) in [5, 5.41) is 5.99. The lowest BCUT2D eigenvalue weighted by Gasteiger charge is -2.08. The second kappa shape index (κ2) is 4.34. The molecule has 0 fully saturated rings. The van der Waals surface area contributed by atoms with Gasteiger partial charge in [0.05, 0.1) is 6.54 Å². The fourth-order valence-electron chi connectivity index (χ4n) is 2.05. The first-order chi connectivity index (χ1) is 8.43. The van der Waals surface area contributed by atoms with Crippen LogP contribution in [0.15, 0.2) is 60.8 Å². The van der Waals surface area contributed by atoms with Crippen LogP contribution in [-0.4, -0.2) is 4.98 Å². The minimum atomic E-state index is 0.820. The van der Waals surface area contributed by atoms with Crippen LogP contribution >= 0.6 is 0 Å². The molecule has 1 aromatic heterocycles. The molecule has 0 atom stereocenters. The smallest absolute Gasteiger partial charge is 0.0551 e. The van der Waals surface area contributed by atoms with Gasteiger partial charge < -0.3 is 10.3 Å². The third-order valence-electron chi connectivity index (χ3n) is 2.92. The highest BCUT2D eigenvalue weighted by atomic mass is 14.9. The second-order valence-corrected chi connectivity index (χ2v) is 4.08. The Bertz CT molecular complexity index is 606. The van der Waals surface area contributed by atoms with Gasteiger partial charge in [-0.05, 0) is 23.6 Å². The molecule has 2 heteroatoms. The maximum Gasteiger partial charge on any atom is 0.0551 e. The van der Waals surface area contributed by atoms with Crippen molar-refractivity contribution in [1.82, 2.24) is 4.98 Å². The van der Waals surface area contributed by atoms with Crippen LogP contribution in [0.1, 0.15) is 5.69 Å². The highest BCUT2D eigenvalue weighted by Gasteiger charge is 1.99. The zero-order chi connectivity index (χ0) is 11.5. The average Bonchev–Trinajstić information content (AvgIpc) is 2.89. The van der Waals surface area contributed by atoms with Gasteiger partial charge in [-0.1, -0.05) is 36.4 Å². The van der Waals surface area contributed by atoms with E-state index in [1.54, 1.807) is 0 Å². The molecule has 0 saturated heterocycles. The normalized spacial score (nSPS) is 10.6. The van der Waals surface area contributed by atoms with Crippen molar-refractivity contribution in [2.75, 3.05) is 5.32 Å². The Hall–Kier alpha value is -2.22. The number of aromatic nitrogens is 1. The van der Waals surface area contributed by atoms with E-state index >= 15 is 0 Å². The minimum Gasteiger partial charge on any atom is -0.379 e. The Morgan fingerprint density at radius 2 is 1.76 bits per heavy atom. The molecule has 2 aromatic carbocycles. The molecule has 0 spiro atoms. The van der Waals surface area contributed by atoms with Gasteiger partial charge in [0.15, 0.2) is 0 Å². The molecular formula is C15H14N2. The van der Waals surface area contributed by atoms with Crippen molar-refractivity contribution in [3.05, 3.63) is 66.5 Å². The molecule has 0 amide bonds. The zero-order valence-corrected chi connectivity index (χ0v) is 9.48. The summed E-state index contributed by atoms with van der Waals surface area (Å²) in [6.07, 6.45) is 1.94. The van der Waals surface area contributed by atoms with Gasteiger partial charge in [0, 0.05) is 23.0 Å². The number of aromatic amines is 1. The first-order valence-electron chi connectivity index (χ1n) is 5.77. The van der Waals surface area contributed by atoms with Crippen molar-refractivity contribution >= 4 is 16.5 Å². The lowest BCUT2D eigenvalue weighted by atomic mass is 10.1. The number of fused-ring (bicyclic) bond motifs is 1. The van der Waals surface area contributed by atoms with Crippen LogP contribution < -0.4 is 5.32 Å². The van der Waals surface area contributed by atoms with E-state index in [2.05, 4.69) is 58.8 Å². The van der Waals surface area contributed by atoms with Crippen LogP contribution in [0.3, 0.4) is 0 Å². The summed E-state index contributed by atoms with van der Waals surface area (Å²) >= 11 is 0. The summed E-state index contributed by atoms with van der Waals surface area (Å²) in [5.74, 6) is 0. The third kappa shape index (κ3) is 2.02. The van der Waals surface area contributed by atoms with Crippen molar-refractivity contribution < 1.29 is 0 Å². The molecule has 3 aromatic rings. The molecule has 1 heterocycles. The Labute approximate surface area is 100 Å². The summed E-state index contributed by atoms with van der Waals surface area (Å²) < 4.78 is 0. The van der Waals surface area contributed by atoms with Gasteiger partial charge in [-0.3, -0.25) is 0 Å². The average molecular weight is 222 g/mol. The van der Waals surface area contributed by atoms with E-state index in [4.69, 9.17) is 0 Å². The monoisotopic (exact) mass is 222 g/mol. The first-order valence-corrected chi connectivity index (χ1v) is 5.77. The third-order valence-corrected chi connectivity index (χ3v) is 2.92. The van der Waals surface area contributed by atoms with E-state index in [9.17, 15) is 0 Å². The molecular weight excluding hydrogens is 208 g/mol. The lowest BCUT2D eigenvalue weighted by molar-refractivity contribution is 1.08. The fourth-order valence-corrected chi connectivity index (χ4v) is 2.05. The largest absolute Gasteiger partial charge is 0.379 e. The molecule has 0 aliphatic rings. The highest BCUT2D eigenvalue weighted by molar-refractivity contribution is 5.93. The molecule has 0 radical (unpaired) electrons. The molecule has 0 aliphatic heterocycles. The SMILES string of the molecule is c1c[nH]c(CNc2cccc3ccccc23)c1. The van der Waals surface area contributed by atoms with Crippen LogP contribution in [0.5, 0.6) is 0 Å². The van der Waals surface area contributed by atoms with Crippen LogP contribution in [0, 0.1) is 0 Å². The molecule has 0 unspecified atom stereocenters. The number of nitrogens with one attached hydrogen (secondary N) is 2. The number of rotatable bonds is 3. The van der Waals surface area contributed by atoms with Crippen LogP contribution in [0.4, 0.5) is 5.69 Å². The number of hydrogen-bond acceptors (Lipinski definition) is 1. The molecule has 3 rings (SSSR count).